The Hall–Kier alpha value is -3.68. The number of carbonyl (C=O) groups is 2. The van der Waals surface area contributed by atoms with Gasteiger partial charge in [-0.05, 0) is 41.5 Å². The van der Waals surface area contributed by atoms with Crippen LogP contribution >= 0.6 is 0 Å². The van der Waals surface area contributed by atoms with Gasteiger partial charge in [-0.1, -0.05) is 30.3 Å². The zero-order valence-corrected chi connectivity index (χ0v) is 14.2. The molecule has 0 spiro atoms. The average molecular weight is 386 g/mol. The predicted molar refractivity (Wildman–Crippen MR) is 96.0 cm³/mol. The minimum atomic E-state index is -4.44. The lowest BCUT2D eigenvalue weighted by Gasteiger charge is -2.12. The second kappa shape index (κ2) is 7.51. The van der Waals surface area contributed by atoms with Crippen LogP contribution in [0.1, 0.15) is 26.3 Å². The highest BCUT2D eigenvalue weighted by molar-refractivity contribution is 6.08. The van der Waals surface area contributed by atoms with Crippen molar-refractivity contribution in [1.82, 2.24) is 4.98 Å². The van der Waals surface area contributed by atoms with Gasteiger partial charge in [-0.25, -0.2) is 9.78 Å². The number of rotatable bonds is 4. The van der Waals surface area contributed by atoms with Crippen LogP contribution in [0.5, 0.6) is 0 Å². The summed E-state index contributed by atoms with van der Waals surface area (Å²) in [5.74, 6) is -1.51. The number of amides is 1. The molecule has 0 unspecified atom stereocenters. The van der Waals surface area contributed by atoms with Gasteiger partial charge in [-0.15, -0.1) is 0 Å². The SMILES string of the molecule is O=C(O)c1ccc(NC(=O)c2ccccc2-c2ccc(C(F)(F)F)cc2)nc1. The normalized spacial score (nSPS) is 11.1. The number of anilines is 1. The van der Waals surface area contributed by atoms with Crippen LogP contribution < -0.4 is 5.32 Å². The van der Waals surface area contributed by atoms with Crippen molar-refractivity contribution in [2.45, 2.75) is 6.18 Å². The van der Waals surface area contributed by atoms with E-state index in [1.165, 1.54) is 30.3 Å². The Morgan fingerprint density at radius 2 is 1.61 bits per heavy atom. The summed E-state index contributed by atoms with van der Waals surface area (Å²) in [6.45, 7) is 0. The van der Waals surface area contributed by atoms with Crippen molar-refractivity contribution in [3.05, 3.63) is 83.6 Å². The lowest BCUT2D eigenvalue weighted by molar-refractivity contribution is -0.137. The summed E-state index contributed by atoms with van der Waals surface area (Å²) in [7, 11) is 0. The van der Waals surface area contributed by atoms with Crippen molar-refractivity contribution >= 4 is 17.7 Å². The molecule has 1 aromatic heterocycles. The highest BCUT2D eigenvalue weighted by Gasteiger charge is 2.30. The van der Waals surface area contributed by atoms with Crippen molar-refractivity contribution < 1.29 is 27.9 Å². The summed E-state index contributed by atoms with van der Waals surface area (Å²) >= 11 is 0. The monoisotopic (exact) mass is 386 g/mol. The first-order valence-electron chi connectivity index (χ1n) is 8.03. The number of aromatic carboxylic acids is 1. The van der Waals surface area contributed by atoms with Gasteiger partial charge in [0, 0.05) is 11.8 Å². The molecule has 1 heterocycles. The number of nitrogens with one attached hydrogen (secondary N) is 1. The van der Waals surface area contributed by atoms with E-state index in [9.17, 15) is 22.8 Å². The molecule has 142 valence electrons. The predicted octanol–water partition coefficient (Wildman–Crippen LogP) is 4.72. The number of pyridine rings is 1. The molecule has 28 heavy (non-hydrogen) atoms. The van der Waals surface area contributed by atoms with Gasteiger partial charge in [0.15, 0.2) is 0 Å². The molecule has 0 fully saturated rings. The third-order valence-electron chi connectivity index (χ3n) is 3.95. The third kappa shape index (κ3) is 4.17. The van der Waals surface area contributed by atoms with E-state index in [4.69, 9.17) is 5.11 Å². The smallest absolute Gasteiger partial charge is 0.416 e. The van der Waals surface area contributed by atoms with Gasteiger partial charge in [0.05, 0.1) is 11.1 Å². The lowest BCUT2D eigenvalue weighted by atomic mass is 9.98. The second-order valence-electron chi connectivity index (χ2n) is 5.81. The maximum Gasteiger partial charge on any atom is 0.416 e. The van der Waals surface area contributed by atoms with Gasteiger partial charge < -0.3 is 10.4 Å². The first-order valence-corrected chi connectivity index (χ1v) is 8.03. The van der Waals surface area contributed by atoms with Gasteiger partial charge in [-0.2, -0.15) is 13.2 Å². The molecule has 0 saturated carbocycles. The number of hydrogen-bond acceptors (Lipinski definition) is 3. The summed E-state index contributed by atoms with van der Waals surface area (Å²) in [5, 5.41) is 11.4. The van der Waals surface area contributed by atoms with Crippen molar-refractivity contribution in [1.29, 1.82) is 0 Å². The van der Waals surface area contributed by atoms with E-state index in [-0.39, 0.29) is 16.9 Å². The van der Waals surface area contributed by atoms with Crippen LogP contribution in [-0.4, -0.2) is 22.0 Å². The van der Waals surface area contributed by atoms with Gasteiger partial charge in [0.25, 0.3) is 5.91 Å². The lowest BCUT2D eigenvalue weighted by Crippen LogP contribution is -2.14. The van der Waals surface area contributed by atoms with E-state index in [0.717, 1.165) is 18.3 Å². The van der Waals surface area contributed by atoms with Crippen LogP contribution in [0.15, 0.2) is 66.9 Å². The van der Waals surface area contributed by atoms with Crippen LogP contribution in [-0.2, 0) is 6.18 Å². The van der Waals surface area contributed by atoms with E-state index >= 15 is 0 Å². The van der Waals surface area contributed by atoms with Crippen LogP contribution in [0.3, 0.4) is 0 Å². The molecule has 0 aliphatic heterocycles. The molecule has 0 aliphatic carbocycles. The van der Waals surface area contributed by atoms with E-state index in [2.05, 4.69) is 10.3 Å². The van der Waals surface area contributed by atoms with Gasteiger partial charge >= 0.3 is 12.1 Å². The topological polar surface area (TPSA) is 79.3 Å². The number of benzene rings is 2. The quantitative estimate of drug-likeness (QED) is 0.680. The number of alkyl halides is 3. The fraction of sp³-hybridized carbons (Fsp3) is 0.0500. The number of nitrogens with zero attached hydrogens (tertiary/aromatic N) is 1. The van der Waals surface area contributed by atoms with E-state index < -0.39 is 23.6 Å². The maximum absolute atomic E-state index is 12.7. The Bertz CT molecular complexity index is 1010. The Morgan fingerprint density at radius 3 is 2.18 bits per heavy atom. The number of hydrogen-bond donors (Lipinski definition) is 2. The summed E-state index contributed by atoms with van der Waals surface area (Å²) < 4.78 is 38.2. The minimum absolute atomic E-state index is 0.0249. The van der Waals surface area contributed by atoms with Crippen LogP contribution in [0.4, 0.5) is 19.0 Å². The molecule has 8 heteroatoms. The molecule has 0 aliphatic rings. The van der Waals surface area contributed by atoms with Gasteiger partial charge in [0.1, 0.15) is 5.82 Å². The Kier molecular flexibility index (Phi) is 5.12. The molecule has 3 aromatic rings. The summed E-state index contributed by atoms with van der Waals surface area (Å²) in [6.07, 6.45) is -3.33. The zero-order chi connectivity index (χ0) is 20.3. The maximum atomic E-state index is 12.7. The molecule has 0 bridgehead atoms. The van der Waals surface area contributed by atoms with Gasteiger partial charge in [0.2, 0.25) is 0 Å². The van der Waals surface area contributed by atoms with Crippen molar-refractivity contribution in [2.24, 2.45) is 0 Å². The summed E-state index contributed by atoms with van der Waals surface area (Å²) in [4.78, 5) is 27.3. The number of carboxylic acid groups (broad SMARTS) is 1. The molecule has 3 rings (SSSR count). The minimum Gasteiger partial charge on any atom is -0.478 e. The number of carbonyl (C=O) groups excluding carboxylic acids is 1. The van der Waals surface area contributed by atoms with Crippen molar-refractivity contribution in [3.8, 4) is 11.1 Å². The third-order valence-corrected chi connectivity index (χ3v) is 3.95. The summed E-state index contributed by atoms with van der Waals surface area (Å²) in [6, 6.07) is 13.6. The van der Waals surface area contributed by atoms with Crippen molar-refractivity contribution in [3.63, 3.8) is 0 Å². The Morgan fingerprint density at radius 1 is 0.929 bits per heavy atom. The number of halogens is 3. The number of aromatic nitrogens is 1. The van der Waals surface area contributed by atoms with E-state index in [1.54, 1.807) is 18.2 Å². The fourth-order valence-electron chi connectivity index (χ4n) is 2.55. The second-order valence-corrected chi connectivity index (χ2v) is 5.81. The molecular formula is C20H13F3N2O3. The molecular weight excluding hydrogens is 373 g/mol. The van der Waals surface area contributed by atoms with Gasteiger partial charge in [-0.3, -0.25) is 4.79 Å². The van der Waals surface area contributed by atoms with E-state index in [0.29, 0.717) is 11.1 Å². The first kappa shape index (κ1) is 19.1. The molecule has 0 saturated heterocycles. The average Bonchev–Trinajstić information content (AvgIpc) is 2.68. The highest BCUT2D eigenvalue weighted by atomic mass is 19.4. The highest BCUT2D eigenvalue weighted by Crippen LogP contribution is 2.32. The molecule has 2 aromatic carbocycles. The zero-order valence-electron chi connectivity index (χ0n) is 14.2. The van der Waals surface area contributed by atoms with Crippen LogP contribution in [0.25, 0.3) is 11.1 Å². The number of carboxylic acids is 1. The Balaban J connectivity index is 1.87. The Labute approximate surface area is 157 Å². The molecule has 0 atom stereocenters. The fourth-order valence-corrected chi connectivity index (χ4v) is 2.55. The molecule has 0 radical (unpaired) electrons. The van der Waals surface area contributed by atoms with E-state index in [1.807, 2.05) is 0 Å². The summed E-state index contributed by atoms with van der Waals surface area (Å²) in [5.41, 5.74) is 0.347. The molecule has 1 amide bonds. The molecule has 2 N–H and O–H groups in total. The first-order chi connectivity index (χ1) is 13.3. The molecule has 5 nitrogen and oxygen atoms in total. The van der Waals surface area contributed by atoms with Crippen LogP contribution in [0, 0.1) is 0 Å². The van der Waals surface area contributed by atoms with Crippen molar-refractivity contribution in [2.75, 3.05) is 5.32 Å². The van der Waals surface area contributed by atoms with Crippen LogP contribution in [0.2, 0.25) is 0 Å². The largest absolute Gasteiger partial charge is 0.478 e. The standard InChI is InChI=1S/C20H13F3N2O3/c21-20(22,23)14-8-5-12(6-9-14)15-3-1-2-4-16(15)18(26)25-17-10-7-13(11-24-17)19(27)28/h1-11H,(H,27,28)(H,24,25,26).